The van der Waals surface area contributed by atoms with Crippen molar-refractivity contribution in [3.8, 4) is 0 Å². The summed E-state index contributed by atoms with van der Waals surface area (Å²) >= 11 is 3.32. The highest BCUT2D eigenvalue weighted by Crippen LogP contribution is 2.18. The van der Waals surface area contributed by atoms with Gasteiger partial charge in [-0.3, -0.25) is 4.79 Å². The van der Waals surface area contributed by atoms with Crippen molar-refractivity contribution in [1.29, 1.82) is 0 Å². The zero-order valence-corrected chi connectivity index (χ0v) is 7.89. The van der Waals surface area contributed by atoms with Crippen LogP contribution in [-0.4, -0.2) is 6.29 Å². The lowest BCUT2D eigenvalue weighted by molar-refractivity contribution is 0.112. The highest BCUT2D eigenvalue weighted by atomic mass is 79.9. The van der Waals surface area contributed by atoms with Gasteiger partial charge in [0.1, 0.15) is 0 Å². The molecule has 0 spiro atoms. The fourth-order valence-corrected chi connectivity index (χ4v) is 1.52. The maximum absolute atomic E-state index is 10.6. The Labute approximate surface area is 74.6 Å². The van der Waals surface area contributed by atoms with Crippen LogP contribution in [0.15, 0.2) is 22.7 Å². The zero-order valence-electron chi connectivity index (χ0n) is 6.30. The Morgan fingerprint density at radius 3 is 2.73 bits per heavy atom. The van der Waals surface area contributed by atoms with E-state index in [2.05, 4.69) is 15.9 Å². The van der Waals surface area contributed by atoms with Gasteiger partial charge < -0.3 is 0 Å². The molecule has 58 valence electrons. The molecule has 0 fully saturated rings. The maximum atomic E-state index is 10.6. The first-order valence-corrected chi connectivity index (χ1v) is 4.31. The molecule has 0 bridgehead atoms. The third-order valence-corrected chi connectivity index (χ3v) is 2.33. The minimum absolute atomic E-state index is 0.773. The van der Waals surface area contributed by atoms with E-state index in [9.17, 15) is 4.79 Å². The molecular weight excluding hydrogens is 204 g/mol. The van der Waals surface area contributed by atoms with E-state index in [4.69, 9.17) is 0 Å². The van der Waals surface area contributed by atoms with Gasteiger partial charge in [-0.15, -0.1) is 0 Å². The number of carbonyl (C=O) groups excluding carboxylic acids is 1. The average Bonchev–Trinajstić information content (AvgIpc) is 2.04. The molecule has 1 aromatic carbocycles. The van der Waals surface area contributed by atoms with Crippen LogP contribution < -0.4 is 0 Å². The second kappa shape index (κ2) is 3.67. The lowest BCUT2D eigenvalue weighted by atomic mass is 10.1. The summed E-state index contributed by atoms with van der Waals surface area (Å²) in [4.78, 5) is 10.6. The Kier molecular flexibility index (Phi) is 2.83. The van der Waals surface area contributed by atoms with Crippen molar-refractivity contribution in [2.45, 2.75) is 13.3 Å². The summed E-state index contributed by atoms with van der Waals surface area (Å²) in [5.41, 5.74) is 1.87. The molecule has 1 rings (SSSR count). The standard InChI is InChI=1S/C9H9BrO/c1-2-7-4-3-5-9(10)8(7)6-11/h3-6H,2H2,1H3. The number of rotatable bonds is 2. The smallest absolute Gasteiger partial charge is 0.151 e. The summed E-state index contributed by atoms with van der Waals surface area (Å²) in [6, 6.07) is 5.79. The molecule has 0 N–H and O–H groups in total. The van der Waals surface area contributed by atoms with Gasteiger partial charge in [0, 0.05) is 10.0 Å². The number of benzene rings is 1. The number of aldehydes is 1. The summed E-state index contributed by atoms with van der Waals surface area (Å²) < 4.78 is 0.881. The highest BCUT2D eigenvalue weighted by molar-refractivity contribution is 9.10. The Hall–Kier alpha value is -0.630. The second-order valence-corrected chi connectivity index (χ2v) is 3.14. The monoisotopic (exact) mass is 212 g/mol. The first-order chi connectivity index (χ1) is 5.29. The number of hydrogen-bond donors (Lipinski definition) is 0. The van der Waals surface area contributed by atoms with Gasteiger partial charge in [0.05, 0.1) is 0 Å². The van der Waals surface area contributed by atoms with Crippen LogP contribution in [0.1, 0.15) is 22.8 Å². The quantitative estimate of drug-likeness (QED) is 0.690. The van der Waals surface area contributed by atoms with Gasteiger partial charge in [-0.2, -0.15) is 0 Å². The van der Waals surface area contributed by atoms with E-state index < -0.39 is 0 Å². The van der Waals surface area contributed by atoms with Crippen LogP contribution in [0.25, 0.3) is 0 Å². The predicted molar refractivity (Wildman–Crippen MR) is 48.9 cm³/mol. The van der Waals surface area contributed by atoms with E-state index in [1.165, 1.54) is 0 Å². The number of halogens is 1. The van der Waals surface area contributed by atoms with Gasteiger partial charge in [-0.1, -0.05) is 35.0 Å². The summed E-state index contributed by atoms with van der Waals surface area (Å²) in [7, 11) is 0. The molecule has 0 atom stereocenters. The fraction of sp³-hybridized carbons (Fsp3) is 0.222. The normalized spacial score (nSPS) is 9.64. The average molecular weight is 213 g/mol. The molecule has 0 radical (unpaired) electrons. The first kappa shape index (κ1) is 8.47. The van der Waals surface area contributed by atoms with Crippen molar-refractivity contribution in [1.82, 2.24) is 0 Å². The van der Waals surface area contributed by atoms with Crippen molar-refractivity contribution >= 4 is 22.2 Å². The molecule has 1 aromatic rings. The van der Waals surface area contributed by atoms with Crippen LogP contribution in [0.4, 0.5) is 0 Å². The molecular formula is C9H9BrO. The molecule has 2 heteroatoms. The Morgan fingerprint density at radius 1 is 1.55 bits per heavy atom. The predicted octanol–water partition coefficient (Wildman–Crippen LogP) is 2.82. The number of hydrogen-bond acceptors (Lipinski definition) is 1. The minimum atomic E-state index is 0.773. The van der Waals surface area contributed by atoms with Crippen molar-refractivity contribution in [3.05, 3.63) is 33.8 Å². The topological polar surface area (TPSA) is 17.1 Å². The molecule has 0 aromatic heterocycles. The van der Waals surface area contributed by atoms with Gasteiger partial charge >= 0.3 is 0 Å². The van der Waals surface area contributed by atoms with E-state index >= 15 is 0 Å². The lowest BCUT2D eigenvalue weighted by Gasteiger charge is -2.01. The number of carbonyl (C=O) groups is 1. The second-order valence-electron chi connectivity index (χ2n) is 2.28. The van der Waals surface area contributed by atoms with Crippen LogP contribution in [0.3, 0.4) is 0 Å². The molecule has 0 saturated carbocycles. The Balaban J connectivity index is 3.24. The van der Waals surface area contributed by atoms with Crippen LogP contribution >= 0.6 is 15.9 Å². The largest absolute Gasteiger partial charge is 0.298 e. The Bertz CT molecular complexity index is 268. The SMILES string of the molecule is CCc1cccc(Br)c1C=O. The molecule has 11 heavy (non-hydrogen) atoms. The Morgan fingerprint density at radius 2 is 2.27 bits per heavy atom. The third kappa shape index (κ3) is 1.69. The fourth-order valence-electron chi connectivity index (χ4n) is 1.02. The molecule has 0 aliphatic carbocycles. The molecule has 0 unspecified atom stereocenters. The summed E-state index contributed by atoms with van der Waals surface area (Å²) in [5.74, 6) is 0. The molecule has 0 saturated heterocycles. The molecule has 1 nitrogen and oxygen atoms in total. The van der Waals surface area contributed by atoms with Crippen LogP contribution in [0, 0.1) is 0 Å². The van der Waals surface area contributed by atoms with Crippen molar-refractivity contribution in [2.24, 2.45) is 0 Å². The molecule has 0 heterocycles. The maximum Gasteiger partial charge on any atom is 0.151 e. The minimum Gasteiger partial charge on any atom is -0.298 e. The summed E-state index contributed by atoms with van der Waals surface area (Å²) in [6.45, 7) is 2.04. The van der Waals surface area contributed by atoms with E-state index in [1.807, 2.05) is 25.1 Å². The van der Waals surface area contributed by atoms with Crippen molar-refractivity contribution in [3.63, 3.8) is 0 Å². The van der Waals surface area contributed by atoms with Gasteiger partial charge in [-0.05, 0) is 18.1 Å². The molecule has 0 aliphatic rings. The van der Waals surface area contributed by atoms with Gasteiger partial charge in [0.2, 0.25) is 0 Å². The first-order valence-electron chi connectivity index (χ1n) is 3.52. The van der Waals surface area contributed by atoms with Crippen LogP contribution in [0.5, 0.6) is 0 Å². The van der Waals surface area contributed by atoms with E-state index in [0.717, 1.165) is 28.3 Å². The summed E-state index contributed by atoms with van der Waals surface area (Å²) in [6.07, 6.45) is 1.79. The number of aryl methyl sites for hydroxylation is 1. The molecule has 0 amide bonds. The summed E-state index contributed by atoms with van der Waals surface area (Å²) in [5, 5.41) is 0. The van der Waals surface area contributed by atoms with E-state index in [1.54, 1.807) is 0 Å². The van der Waals surface area contributed by atoms with Crippen LogP contribution in [0.2, 0.25) is 0 Å². The van der Waals surface area contributed by atoms with Gasteiger partial charge in [0.25, 0.3) is 0 Å². The van der Waals surface area contributed by atoms with E-state index in [-0.39, 0.29) is 0 Å². The van der Waals surface area contributed by atoms with Crippen molar-refractivity contribution in [2.75, 3.05) is 0 Å². The zero-order chi connectivity index (χ0) is 8.27. The highest BCUT2D eigenvalue weighted by Gasteiger charge is 2.01. The van der Waals surface area contributed by atoms with Gasteiger partial charge in [0.15, 0.2) is 6.29 Å². The van der Waals surface area contributed by atoms with Crippen LogP contribution in [-0.2, 0) is 6.42 Å². The van der Waals surface area contributed by atoms with Gasteiger partial charge in [-0.25, -0.2) is 0 Å². The molecule has 0 aliphatic heterocycles. The lowest BCUT2D eigenvalue weighted by Crippen LogP contribution is -1.90. The van der Waals surface area contributed by atoms with Crippen molar-refractivity contribution < 1.29 is 4.79 Å². The van der Waals surface area contributed by atoms with E-state index in [0.29, 0.717) is 0 Å². The third-order valence-electron chi connectivity index (χ3n) is 1.64.